The van der Waals surface area contributed by atoms with Gasteiger partial charge in [0.2, 0.25) is 6.29 Å². The number of unbranched alkanes of at least 4 members (excludes halogenated alkanes) is 1. The lowest BCUT2D eigenvalue weighted by Gasteiger charge is -2.16. The largest absolute Gasteiger partial charge is 0.428 e. The van der Waals surface area contributed by atoms with Gasteiger partial charge in [0.25, 0.3) is 0 Å². The first-order valence-corrected chi connectivity index (χ1v) is 8.51. The van der Waals surface area contributed by atoms with E-state index in [1.54, 1.807) is 24.3 Å². The minimum atomic E-state index is -1.33. The maximum atomic E-state index is 12.2. The van der Waals surface area contributed by atoms with Crippen molar-refractivity contribution < 1.29 is 14.6 Å². The van der Waals surface area contributed by atoms with Gasteiger partial charge in [0.15, 0.2) is 0 Å². The Balaban J connectivity index is 1.91. The molecule has 0 radical (unpaired) electrons. The van der Waals surface area contributed by atoms with Crippen LogP contribution in [-0.4, -0.2) is 16.1 Å². The van der Waals surface area contributed by atoms with Crippen molar-refractivity contribution in [3.05, 3.63) is 77.5 Å². The van der Waals surface area contributed by atoms with Crippen LogP contribution in [0.1, 0.15) is 47.7 Å². The fourth-order valence-corrected chi connectivity index (χ4v) is 2.76. The van der Waals surface area contributed by atoms with Crippen LogP contribution in [0.3, 0.4) is 0 Å². The van der Waals surface area contributed by atoms with E-state index >= 15 is 0 Å². The van der Waals surface area contributed by atoms with Gasteiger partial charge in [-0.25, -0.2) is 4.79 Å². The van der Waals surface area contributed by atoms with Crippen molar-refractivity contribution >= 4 is 16.9 Å². The summed E-state index contributed by atoms with van der Waals surface area (Å²) in [5.41, 5.74) is 2.67. The number of pyridine rings is 1. The monoisotopic (exact) mass is 335 g/mol. The van der Waals surface area contributed by atoms with Crippen molar-refractivity contribution in [2.24, 2.45) is 0 Å². The number of hydrogen-bond acceptors (Lipinski definition) is 4. The van der Waals surface area contributed by atoms with Gasteiger partial charge >= 0.3 is 5.97 Å². The predicted octanol–water partition coefficient (Wildman–Crippen LogP) is 4.43. The standard InChI is InChI=1S/C21H21NO3/c1-2-3-11-16-14-18(17-12-7-8-13-19(17)22-16)21(24)25-20(23)15-9-5-4-6-10-15/h4-10,12-14,21,24H,2-3,11H2,1H3. The fourth-order valence-electron chi connectivity index (χ4n) is 2.76. The molecule has 0 bridgehead atoms. The summed E-state index contributed by atoms with van der Waals surface area (Å²) in [6, 6.07) is 18.1. The van der Waals surface area contributed by atoms with Crippen LogP contribution >= 0.6 is 0 Å². The number of rotatable bonds is 6. The van der Waals surface area contributed by atoms with E-state index < -0.39 is 12.3 Å². The number of aromatic nitrogens is 1. The van der Waals surface area contributed by atoms with Crippen molar-refractivity contribution in [3.8, 4) is 0 Å². The number of carbonyl (C=O) groups is 1. The number of aryl methyl sites for hydroxylation is 1. The van der Waals surface area contributed by atoms with Gasteiger partial charge in [-0.3, -0.25) is 4.98 Å². The van der Waals surface area contributed by atoms with Crippen LogP contribution in [0, 0.1) is 0 Å². The van der Waals surface area contributed by atoms with Crippen LogP contribution in [0.5, 0.6) is 0 Å². The van der Waals surface area contributed by atoms with Gasteiger partial charge in [-0.1, -0.05) is 49.7 Å². The minimum absolute atomic E-state index is 0.408. The Morgan fingerprint density at radius 1 is 1.12 bits per heavy atom. The number of esters is 1. The van der Waals surface area contributed by atoms with Crippen molar-refractivity contribution in [1.29, 1.82) is 0 Å². The molecule has 3 rings (SSSR count). The summed E-state index contributed by atoms with van der Waals surface area (Å²) in [4.78, 5) is 16.9. The van der Waals surface area contributed by atoms with E-state index in [0.717, 1.165) is 35.9 Å². The fraction of sp³-hybridized carbons (Fsp3) is 0.238. The maximum absolute atomic E-state index is 12.2. The highest BCUT2D eigenvalue weighted by Gasteiger charge is 2.18. The van der Waals surface area contributed by atoms with Crippen molar-refractivity contribution in [2.75, 3.05) is 0 Å². The number of benzene rings is 2. The average molecular weight is 335 g/mol. The summed E-state index contributed by atoms with van der Waals surface area (Å²) in [5.74, 6) is -0.552. The third kappa shape index (κ3) is 4.03. The van der Waals surface area contributed by atoms with E-state index in [0.29, 0.717) is 11.1 Å². The SMILES string of the molecule is CCCCc1cc(C(O)OC(=O)c2ccccc2)c2ccccc2n1. The second-order valence-corrected chi connectivity index (χ2v) is 5.95. The normalized spacial score (nSPS) is 12.1. The van der Waals surface area contributed by atoms with Crippen LogP contribution < -0.4 is 0 Å². The summed E-state index contributed by atoms with van der Waals surface area (Å²) in [7, 11) is 0. The third-order valence-electron chi connectivity index (χ3n) is 4.08. The summed E-state index contributed by atoms with van der Waals surface area (Å²) < 4.78 is 5.28. The van der Waals surface area contributed by atoms with Crippen LogP contribution in [0.15, 0.2) is 60.7 Å². The molecule has 128 valence electrons. The third-order valence-corrected chi connectivity index (χ3v) is 4.08. The minimum Gasteiger partial charge on any atom is -0.428 e. The van der Waals surface area contributed by atoms with Crippen molar-refractivity contribution in [1.82, 2.24) is 4.98 Å². The first kappa shape index (κ1) is 17.1. The number of hydrogen-bond donors (Lipinski definition) is 1. The van der Waals surface area contributed by atoms with E-state index in [-0.39, 0.29) is 0 Å². The molecule has 1 aromatic heterocycles. The maximum Gasteiger partial charge on any atom is 0.340 e. The van der Waals surface area contributed by atoms with Crippen LogP contribution in [-0.2, 0) is 11.2 Å². The molecule has 0 amide bonds. The number of carbonyl (C=O) groups excluding carboxylic acids is 1. The molecule has 3 aromatic rings. The van der Waals surface area contributed by atoms with Gasteiger partial charge in [-0.05, 0) is 37.1 Å². The summed E-state index contributed by atoms with van der Waals surface area (Å²) in [6.45, 7) is 2.12. The first-order valence-electron chi connectivity index (χ1n) is 8.51. The molecule has 1 atom stereocenters. The van der Waals surface area contributed by atoms with Gasteiger partial charge in [0, 0.05) is 16.6 Å². The van der Waals surface area contributed by atoms with E-state index in [9.17, 15) is 9.90 Å². The summed E-state index contributed by atoms with van der Waals surface area (Å²) in [6.07, 6.45) is 1.58. The molecule has 4 heteroatoms. The lowest BCUT2D eigenvalue weighted by atomic mass is 10.0. The predicted molar refractivity (Wildman–Crippen MR) is 97.2 cm³/mol. The molecule has 0 aliphatic heterocycles. The average Bonchev–Trinajstić information content (AvgIpc) is 2.66. The molecule has 2 aromatic carbocycles. The highest BCUT2D eigenvalue weighted by Crippen LogP contribution is 2.26. The zero-order valence-corrected chi connectivity index (χ0v) is 14.2. The zero-order valence-electron chi connectivity index (χ0n) is 14.2. The highest BCUT2D eigenvalue weighted by atomic mass is 16.6. The molecule has 4 nitrogen and oxygen atoms in total. The van der Waals surface area contributed by atoms with Crippen LogP contribution in [0.25, 0.3) is 10.9 Å². The molecule has 1 N–H and O–H groups in total. The second kappa shape index (κ2) is 7.90. The zero-order chi connectivity index (χ0) is 17.6. The van der Waals surface area contributed by atoms with E-state index in [2.05, 4.69) is 11.9 Å². The Hall–Kier alpha value is -2.72. The van der Waals surface area contributed by atoms with Gasteiger partial charge < -0.3 is 9.84 Å². The van der Waals surface area contributed by atoms with E-state index in [4.69, 9.17) is 4.74 Å². The number of fused-ring (bicyclic) bond motifs is 1. The number of ether oxygens (including phenoxy) is 1. The lowest BCUT2D eigenvalue weighted by Crippen LogP contribution is -2.12. The number of para-hydroxylation sites is 1. The number of aliphatic hydroxyl groups excluding tert-OH is 1. The van der Waals surface area contributed by atoms with Gasteiger partial charge in [0.1, 0.15) is 0 Å². The molecule has 1 unspecified atom stereocenters. The van der Waals surface area contributed by atoms with Crippen molar-refractivity contribution in [3.63, 3.8) is 0 Å². The van der Waals surface area contributed by atoms with Gasteiger partial charge in [0.05, 0.1) is 11.1 Å². The Labute approximate surface area is 147 Å². The summed E-state index contributed by atoms with van der Waals surface area (Å²) in [5, 5.41) is 11.3. The molecular weight excluding hydrogens is 314 g/mol. The Kier molecular flexibility index (Phi) is 5.41. The molecule has 0 aliphatic carbocycles. The van der Waals surface area contributed by atoms with Gasteiger partial charge in [-0.15, -0.1) is 0 Å². The Morgan fingerprint density at radius 3 is 2.60 bits per heavy atom. The molecular formula is C21H21NO3. The Bertz CT molecular complexity index is 861. The smallest absolute Gasteiger partial charge is 0.340 e. The molecule has 0 aliphatic rings. The Morgan fingerprint density at radius 2 is 1.84 bits per heavy atom. The van der Waals surface area contributed by atoms with Crippen LogP contribution in [0.2, 0.25) is 0 Å². The summed E-state index contributed by atoms with van der Waals surface area (Å²) >= 11 is 0. The molecule has 0 fully saturated rings. The van der Waals surface area contributed by atoms with Crippen LogP contribution in [0.4, 0.5) is 0 Å². The van der Waals surface area contributed by atoms with Crippen molar-refractivity contribution in [2.45, 2.75) is 32.5 Å². The molecule has 0 saturated carbocycles. The highest BCUT2D eigenvalue weighted by molar-refractivity contribution is 5.90. The number of nitrogens with zero attached hydrogens (tertiary/aromatic N) is 1. The first-order chi connectivity index (χ1) is 12.2. The second-order valence-electron chi connectivity index (χ2n) is 5.95. The lowest BCUT2D eigenvalue weighted by molar-refractivity contribution is -0.0663. The molecule has 25 heavy (non-hydrogen) atoms. The molecule has 0 saturated heterocycles. The molecule has 0 spiro atoms. The van der Waals surface area contributed by atoms with E-state index in [1.807, 2.05) is 36.4 Å². The topological polar surface area (TPSA) is 59.4 Å². The number of aliphatic hydroxyl groups is 1. The van der Waals surface area contributed by atoms with E-state index in [1.165, 1.54) is 0 Å². The quantitative estimate of drug-likeness (QED) is 0.535. The van der Waals surface area contributed by atoms with Gasteiger partial charge in [-0.2, -0.15) is 0 Å². The molecule has 1 heterocycles.